The number of nitrogens with one attached hydrogen (secondary N) is 2. The second-order valence-corrected chi connectivity index (χ2v) is 5.37. The van der Waals surface area contributed by atoms with Crippen molar-refractivity contribution in [3.05, 3.63) is 54.1 Å². The molecule has 0 saturated heterocycles. The number of hydrogen-bond donors (Lipinski definition) is 3. The normalized spacial score (nSPS) is 12.2. The van der Waals surface area contributed by atoms with Gasteiger partial charge in [-0.3, -0.25) is 9.59 Å². The van der Waals surface area contributed by atoms with Gasteiger partial charge in [-0.15, -0.1) is 13.2 Å². The minimum Gasteiger partial charge on any atom is -0.406 e. The first-order valence-corrected chi connectivity index (χ1v) is 7.47. The lowest BCUT2D eigenvalue weighted by Crippen LogP contribution is -2.31. The summed E-state index contributed by atoms with van der Waals surface area (Å²) in [5.41, 5.74) is 6.42. The third kappa shape index (κ3) is 5.69. The molecular formula is C17H16F3N3O3. The van der Waals surface area contributed by atoms with Gasteiger partial charge in [-0.05, 0) is 55.5 Å². The molecule has 9 heteroatoms. The lowest BCUT2D eigenvalue weighted by molar-refractivity contribution is -0.274. The summed E-state index contributed by atoms with van der Waals surface area (Å²) < 4.78 is 40.1. The summed E-state index contributed by atoms with van der Waals surface area (Å²) in [5, 5.41) is 5.50. The van der Waals surface area contributed by atoms with Gasteiger partial charge in [0.2, 0.25) is 11.8 Å². The van der Waals surface area contributed by atoms with Gasteiger partial charge in [0.25, 0.3) is 0 Å². The van der Waals surface area contributed by atoms with Gasteiger partial charge in [-0.1, -0.05) is 0 Å². The van der Waals surface area contributed by atoms with Crippen LogP contribution in [0.1, 0.15) is 17.3 Å². The van der Waals surface area contributed by atoms with Crippen molar-refractivity contribution in [2.45, 2.75) is 19.3 Å². The zero-order chi connectivity index (χ0) is 19.3. The van der Waals surface area contributed by atoms with E-state index >= 15 is 0 Å². The Morgan fingerprint density at radius 2 is 1.54 bits per heavy atom. The van der Waals surface area contributed by atoms with Gasteiger partial charge in [-0.2, -0.15) is 0 Å². The van der Waals surface area contributed by atoms with Gasteiger partial charge in [0.1, 0.15) is 11.8 Å². The molecule has 26 heavy (non-hydrogen) atoms. The van der Waals surface area contributed by atoms with Crippen molar-refractivity contribution in [2.75, 3.05) is 10.6 Å². The number of primary amides is 1. The van der Waals surface area contributed by atoms with Crippen molar-refractivity contribution < 1.29 is 27.5 Å². The summed E-state index contributed by atoms with van der Waals surface area (Å²) in [4.78, 5) is 23.2. The van der Waals surface area contributed by atoms with Crippen LogP contribution in [0.3, 0.4) is 0 Å². The molecule has 0 heterocycles. The second-order valence-electron chi connectivity index (χ2n) is 5.37. The summed E-state index contributed by atoms with van der Waals surface area (Å²) in [7, 11) is 0. The van der Waals surface area contributed by atoms with E-state index in [-0.39, 0.29) is 5.75 Å². The number of nitrogens with two attached hydrogens (primary N) is 1. The quantitative estimate of drug-likeness (QED) is 0.731. The lowest BCUT2D eigenvalue weighted by Gasteiger charge is -2.16. The fraction of sp³-hybridized carbons (Fsp3) is 0.176. The molecule has 4 N–H and O–H groups in total. The van der Waals surface area contributed by atoms with Gasteiger partial charge >= 0.3 is 6.36 Å². The SMILES string of the molecule is CC(Nc1ccc(C(N)=O)cc1)C(=O)Nc1ccc(OC(F)(F)F)cc1. The molecule has 0 bridgehead atoms. The topological polar surface area (TPSA) is 93.5 Å². The van der Waals surface area contributed by atoms with Crippen LogP contribution in [0.5, 0.6) is 5.75 Å². The molecule has 0 fully saturated rings. The van der Waals surface area contributed by atoms with Crippen molar-refractivity contribution >= 4 is 23.2 Å². The molecule has 0 saturated carbocycles. The Morgan fingerprint density at radius 1 is 1.00 bits per heavy atom. The van der Waals surface area contributed by atoms with E-state index in [1.807, 2.05) is 0 Å². The molecule has 2 amide bonds. The summed E-state index contributed by atoms with van der Waals surface area (Å²) in [6.45, 7) is 1.61. The van der Waals surface area contributed by atoms with Gasteiger partial charge in [0.05, 0.1) is 0 Å². The fourth-order valence-corrected chi connectivity index (χ4v) is 2.04. The monoisotopic (exact) mass is 367 g/mol. The number of anilines is 2. The highest BCUT2D eigenvalue weighted by Crippen LogP contribution is 2.24. The molecule has 1 unspecified atom stereocenters. The number of carbonyl (C=O) groups is 2. The fourth-order valence-electron chi connectivity index (χ4n) is 2.04. The van der Waals surface area contributed by atoms with Crippen molar-refractivity contribution in [3.8, 4) is 5.75 Å². The van der Waals surface area contributed by atoms with Crippen molar-refractivity contribution in [2.24, 2.45) is 5.73 Å². The number of ether oxygens (including phenoxy) is 1. The first-order chi connectivity index (χ1) is 12.1. The van der Waals surface area contributed by atoms with E-state index < -0.39 is 24.2 Å². The minimum absolute atomic E-state index is 0.322. The molecule has 2 aromatic rings. The highest BCUT2D eigenvalue weighted by Gasteiger charge is 2.31. The third-order valence-electron chi connectivity index (χ3n) is 3.30. The number of rotatable bonds is 6. The maximum Gasteiger partial charge on any atom is 0.573 e. The van der Waals surface area contributed by atoms with Crippen LogP contribution in [0, 0.1) is 0 Å². The molecule has 0 aromatic heterocycles. The molecule has 0 aliphatic rings. The standard InChI is InChI=1S/C17H16F3N3O3/c1-10(22-12-4-2-11(3-5-12)15(21)24)16(25)23-13-6-8-14(9-7-13)26-17(18,19)20/h2-10,22H,1H3,(H2,21,24)(H,23,25). The van der Waals surface area contributed by atoms with Crippen LogP contribution in [-0.2, 0) is 4.79 Å². The number of carbonyl (C=O) groups excluding carboxylic acids is 2. The molecule has 2 aromatic carbocycles. The average molecular weight is 367 g/mol. The average Bonchev–Trinajstić information content (AvgIpc) is 2.55. The van der Waals surface area contributed by atoms with E-state index in [9.17, 15) is 22.8 Å². The molecule has 0 aliphatic heterocycles. The molecule has 6 nitrogen and oxygen atoms in total. The van der Waals surface area contributed by atoms with E-state index in [2.05, 4.69) is 15.4 Å². The second kappa shape index (κ2) is 7.77. The largest absolute Gasteiger partial charge is 0.573 e. The maximum atomic E-state index is 12.1. The van der Waals surface area contributed by atoms with Gasteiger partial charge < -0.3 is 21.1 Å². The summed E-state index contributed by atoms with van der Waals surface area (Å²) in [6, 6.07) is 10.4. The molecule has 2 rings (SSSR count). The highest BCUT2D eigenvalue weighted by atomic mass is 19.4. The van der Waals surface area contributed by atoms with E-state index in [0.717, 1.165) is 12.1 Å². The molecule has 138 valence electrons. The maximum absolute atomic E-state index is 12.1. The van der Waals surface area contributed by atoms with E-state index in [0.29, 0.717) is 16.9 Å². The zero-order valence-electron chi connectivity index (χ0n) is 13.6. The number of benzene rings is 2. The Morgan fingerprint density at radius 3 is 2.04 bits per heavy atom. The number of amides is 2. The van der Waals surface area contributed by atoms with Crippen LogP contribution in [-0.4, -0.2) is 24.2 Å². The first-order valence-electron chi connectivity index (χ1n) is 7.47. The molecule has 0 spiro atoms. The summed E-state index contributed by atoms with van der Waals surface area (Å²) in [5.74, 6) is -1.33. The number of hydrogen-bond acceptors (Lipinski definition) is 4. The Labute approximate surface area is 147 Å². The van der Waals surface area contributed by atoms with Gasteiger partial charge in [0, 0.05) is 16.9 Å². The lowest BCUT2D eigenvalue weighted by atomic mass is 10.2. The van der Waals surface area contributed by atoms with Crippen molar-refractivity contribution in [3.63, 3.8) is 0 Å². The van der Waals surface area contributed by atoms with Crippen LogP contribution in [0.25, 0.3) is 0 Å². The van der Waals surface area contributed by atoms with E-state index in [1.165, 1.54) is 24.3 Å². The summed E-state index contributed by atoms with van der Waals surface area (Å²) >= 11 is 0. The molecule has 1 atom stereocenters. The van der Waals surface area contributed by atoms with Gasteiger partial charge in [-0.25, -0.2) is 0 Å². The minimum atomic E-state index is -4.77. The number of halogens is 3. The van der Waals surface area contributed by atoms with Crippen LogP contribution >= 0.6 is 0 Å². The Kier molecular flexibility index (Phi) is 5.71. The predicted octanol–water partition coefficient (Wildman–Crippen LogP) is 3.12. The van der Waals surface area contributed by atoms with Crippen molar-refractivity contribution in [1.82, 2.24) is 0 Å². The van der Waals surface area contributed by atoms with E-state index in [1.54, 1.807) is 19.1 Å². The Hall–Kier alpha value is -3.23. The van der Waals surface area contributed by atoms with Crippen molar-refractivity contribution in [1.29, 1.82) is 0 Å². The number of alkyl halides is 3. The highest BCUT2D eigenvalue weighted by molar-refractivity contribution is 5.96. The molecule has 0 radical (unpaired) electrons. The van der Waals surface area contributed by atoms with Crippen LogP contribution in [0.15, 0.2) is 48.5 Å². The van der Waals surface area contributed by atoms with E-state index in [4.69, 9.17) is 5.73 Å². The van der Waals surface area contributed by atoms with Crippen LogP contribution in [0.2, 0.25) is 0 Å². The Bertz CT molecular complexity index is 775. The third-order valence-corrected chi connectivity index (χ3v) is 3.30. The predicted molar refractivity (Wildman–Crippen MR) is 89.8 cm³/mol. The molecular weight excluding hydrogens is 351 g/mol. The van der Waals surface area contributed by atoms with Crippen LogP contribution < -0.4 is 21.1 Å². The zero-order valence-corrected chi connectivity index (χ0v) is 13.6. The molecule has 0 aliphatic carbocycles. The van der Waals surface area contributed by atoms with Crippen LogP contribution in [0.4, 0.5) is 24.5 Å². The summed E-state index contributed by atoms with van der Waals surface area (Å²) in [6.07, 6.45) is -4.77. The Balaban J connectivity index is 1.93. The van der Waals surface area contributed by atoms with Gasteiger partial charge in [0.15, 0.2) is 0 Å². The first kappa shape index (κ1) is 19.1. The smallest absolute Gasteiger partial charge is 0.406 e.